The summed E-state index contributed by atoms with van der Waals surface area (Å²) in [5.74, 6) is 2.25. The van der Waals surface area contributed by atoms with E-state index in [4.69, 9.17) is 9.47 Å². The second-order valence-electron chi connectivity index (χ2n) is 8.34. The number of urea groups is 1. The minimum Gasteiger partial charge on any atom is -0.497 e. The van der Waals surface area contributed by atoms with Gasteiger partial charge in [-0.3, -0.25) is 19.9 Å². The van der Waals surface area contributed by atoms with E-state index in [0.717, 1.165) is 11.3 Å². The SMILES string of the molecule is COc1ccc(OCC(O)C[N+]2=C(NCCC(C)C)N=C3C2C(=O)N(C)C(=O)N3C)cc1. The fourth-order valence-corrected chi connectivity index (χ4v) is 3.55. The number of β-amino-alcohol motifs (C(OH)–C–C–N with tert-alkyl or cyclic N) is 1. The number of nitrogens with one attached hydrogen (secondary N) is 1. The highest BCUT2D eigenvalue weighted by Gasteiger charge is 2.51. The largest absolute Gasteiger partial charge is 0.497 e. The van der Waals surface area contributed by atoms with Crippen LogP contribution in [0.5, 0.6) is 11.5 Å². The molecule has 0 aliphatic carbocycles. The Kier molecular flexibility index (Phi) is 7.34. The number of aliphatic hydroxyl groups is 1. The summed E-state index contributed by atoms with van der Waals surface area (Å²) in [5.41, 5.74) is 0. The number of nitrogens with zero attached hydrogens (tertiary/aromatic N) is 4. The number of rotatable bonds is 9. The van der Waals surface area contributed by atoms with Crippen molar-refractivity contribution in [1.82, 2.24) is 15.1 Å². The monoisotopic (exact) mass is 446 g/mol. The quantitative estimate of drug-likeness (QED) is 0.542. The predicted octanol–water partition coefficient (Wildman–Crippen LogP) is 0.744. The van der Waals surface area contributed by atoms with Gasteiger partial charge < -0.3 is 14.6 Å². The molecular formula is C22H32N5O5+. The van der Waals surface area contributed by atoms with Gasteiger partial charge in [0.15, 0.2) is 0 Å². The molecule has 2 unspecified atom stereocenters. The van der Waals surface area contributed by atoms with E-state index in [-0.39, 0.29) is 19.1 Å². The van der Waals surface area contributed by atoms with Crippen LogP contribution in [0.15, 0.2) is 29.3 Å². The number of aliphatic imine (C=N–C) groups is 1. The smallest absolute Gasteiger partial charge is 0.390 e. The van der Waals surface area contributed by atoms with E-state index in [9.17, 15) is 14.7 Å². The van der Waals surface area contributed by atoms with E-state index >= 15 is 0 Å². The molecule has 1 fully saturated rings. The van der Waals surface area contributed by atoms with Crippen molar-refractivity contribution in [2.75, 3.05) is 40.9 Å². The van der Waals surface area contributed by atoms with Gasteiger partial charge in [0.2, 0.25) is 11.9 Å². The Hall–Kier alpha value is -3.14. The number of fused-ring (bicyclic) bond motifs is 1. The van der Waals surface area contributed by atoms with E-state index in [1.54, 1.807) is 43.0 Å². The second-order valence-corrected chi connectivity index (χ2v) is 8.34. The van der Waals surface area contributed by atoms with E-state index in [1.807, 2.05) is 0 Å². The molecule has 2 heterocycles. The van der Waals surface area contributed by atoms with Gasteiger partial charge in [-0.05, 0) is 36.6 Å². The molecule has 0 aromatic heterocycles. The number of imide groups is 1. The van der Waals surface area contributed by atoms with Crippen molar-refractivity contribution in [2.24, 2.45) is 10.9 Å². The van der Waals surface area contributed by atoms with Gasteiger partial charge in [-0.25, -0.2) is 9.37 Å². The molecule has 174 valence electrons. The molecule has 3 amide bonds. The summed E-state index contributed by atoms with van der Waals surface area (Å²) < 4.78 is 12.5. The molecule has 1 aromatic rings. The number of benzene rings is 1. The van der Waals surface area contributed by atoms with Crippen molar-refractivity contribution in [2.45, 2.75) is 32.4 Å². The first-order valence-corrected chi connectivity index (χ1v) is 10.7. The molecule has 2 atom stereocenters. The van der Waals surface area contributed by atoms with Crippen LogP contribution in [0.1, 0.15) is 20.3 Å². The molecule has 10 nitrogen and oxygen atoms in total. The molecule has 2 N–H and O–H groups in total. The number of hydrogen-bond acceptors (Lipinski definition) is 7. The van der Waals surface area contributed by atoms with Crippen LogP contribution < -0.4 is 14.8 Å². The minimum atomic E-state index is -0.894. The van der Waals surface area contributed by atoms with E-state index < -0.39 is 18.2 Å². The van der Waals surface area contributed by atoms with Gasteiger partial charge in [-0.15, -0.1) is 0 Å². The van der Waals surface area contributed by atoms with Crippen molar-refractivity contribution in [3.05, 3.63) is 24.3 Å². The summed E-state index contributed by atoms with van der Waals surface area (Å²) in [4.78, 5) is 32.2. The van der Waals surface area contributed by atoms with Gasteiger partial charge in [-0.1, -0.05) is 18.8 Å². The van der Waals surface area contributed by atoms with Gasteiger partial charge >= 0.3 is 12.0 Å². The Bertz CT molecular complexity index is 912. The molecule has 10 heteroatoms. The molecule has 0 radical (unpaired) electrons. The number of carbonyl (C=O) groups excluding carboxylic acids is 2. The van der Waals surface area contributed by atoms with Gasteiger partial charge in [-0.2, -0.15) is 0 Å². The Morgan fingerprint density at radius 3 is 2.44 bits per heavy atom. The number of guanidine groups is 1. The topological polar surface area (TPSA) is 107 Å². The van der Waals surface area contributed by atoms with Crippen molar-refractivity contribution in [1.29, 1.82) is 0 Å². The van der Waals surface area contributed by atoms with Crippen molar-refractivity contribution in [3.63, 3.8) is 0 Å². The Morgan fingerprint density at radius 1 is 1.16 bits per heavy atom. The number of hydrogen-bond donors (Lipinski definition) is 2. The number of amidine groups is 1. The minimum absolute atomic E-state index is 0.0307. The van der Waals surface area contributed by atoms with Gasteiger partial charge in [0.25, 0.3) is 5.91 Å². The normalized spacial score (nSPS) is 19.3. The molecule has 3 rings (SSSR count). The molecule has 0 spiro atoms. The molecule has 32 heavy (non-hydrogen) atoms. The zero-order chi connectivity index (χ0) is 23.4. The van der Waals surface area contributed by atoms with Crippen LogP contribution >= 0.6 is 0 Å². The van der Waals surface area contributed by atoms with Crippen LogP contribution in [0.3, 0.4) is 0 Å². The van der Waals surface area contributed by atoms with Crippen LogP contribution in [-0.2, 0) is 4.79 Å². The standard InChI is InChI=1S/C22H31N5O5/c1-14(2)10-11-23-21-24-19-18(20(29)26(4)22(30)25(19)3)27(21)12-15(28)13-32-17-8-6-16(31-5)7-9-17/h6-9,14-15,18,28H,10-13H2,1-5H3/p+1. The van der Waals surface area contributed by atoms with Crippen LogP contribution in [0.25, 0.3) is 0 Å². The fourth-order valence-electron chi connectivity index (χ4n) is 3.55. The van der Waals surface area contributed by atoms with Crippen molar-refractivity contribution >= 4 is 23.7 Å². The molecule has 0 bridgehead atoms. The summed E-state index contributed by atoms with van der Waals surface area (Å²) in [5, 5.41) is 13.9. The number of aliphatic hydroxyl groups excluding tert-OH is 1. The third kappa shape index (κ3) is 5.01. The average molecular weight is 447 g/mol. The second kappa shape index (κ2) is 9.99. The number of carbonyl (C=O) groups is 2. The van der Waals surface area contributed by atoms with Crippen LogP contribution in [0.4, 0.5) is 4.79 Å². The zero-order valence-corrected chi connectivity index (χ0v) is 19.2. The third-order valence-corrected chi connectivity index (χ3v) is 5.44. The summed E-state index contributed by atoms with van der Waals surface area (Å²) in [7, 11) is 4.63. The summed E-state index contributed by atoms with van der Waals surface area (Å²) in [6.07, 6.45) is 0.0214. The maximum Gasteiger partial charge on any atom is 0.390 e. The van der Waals surface area contributed by atoms with Crippen LogP contribution in [0, 0.1) is 5.92 Å². The predicted molar refractivity (Wildman–Crippen MR) is 119 cm³/mol. The highest BCUT2D eigenvalue weighted by atomic mass is 16.5. The highest BCUT2D eigenvalue weighted by Crippen LogP contribution is 2.20. The highest BCUT2D eigenvalue weighted by molar-refractivity contribution is 6.22. The summed E-state index contributed by atoms with van der Waals surface area (Å²) >= 11 is 0. The Morgan fingerprint density at radius 2 is 1.81 bits per heavy atom. The lowest BCUT2D eigenvalue weighted by atomic mass is 10.1. The van der Waals surface area contributed by atoms with Crippen molar-refractivity contribution < 1.29 is 28.7 Å². The fraction of sp³-hybridized carbons (Fsp3) is 0.545. The first kappa shape index (κ1) is 23.5. The molecule has 2 aliphatic heterocycles. The number of likely N-dealkylation sites (N-methyl/N-ethyl adjacent to an activating group) is 2. The number of amides is 3. The zero-order valence-electron chi connectivity index (χ0n) is 19.2. The number of methoxy groups -OCH3 is 1. The van der Waals surface area contributed by atoms with Gasteiger partial charge in [0, 0.05) is 14.1 Å². The van der Waals surface area contributed by atoms with Crippen molar-refractivity contribution in [3.8, 4) is 11.5 Å². The maximum absolute atomic E-state index is 12.9. The lowest BCUT2D eigenvalue weighted by molar-refractivity contribution is -0.545. The third-order valence-electron chi connectivity index (χ3n) is 5.44. The average Bonchev–Trinajstić information content (AvgIpc) is 3.13. The number of ether oxygens (including phenoxy) is 2. The molecule has 2 aliphatic rings. The van der Waals surface area contributed by atoms with E-state index in [0.29, 0.717) is 35.8 Å². The first-order chi connectivity index (χ1) is 15.2. The molecular weight excluding hydrogens is 414 g/mol. The summed E-state index contributed by atoms with van der Waals surface area (Å²) in [6.45, 7) is 5.04. The maximum atomic E-state index is 12.9. The lowest BCUT2D eigenvalue weighted by Crippen LogP contribution is -2.62. The van der Waals surface area contributed by atoms with E-state index in [1.165, 1.54) is 11.9 Å². The molecule has 0 saturated carbocycles. The first-order valence-electron chi connectivity index (χ1n) is 10.7. The Balaban J connectivity index is 1.74. The van der Waals surface area contributed by atoms with Crippen LogP contribution in [0.2, 0.25) is 0 Å². The molecule has 1 aromatic carbocycles. The van der Waals surface area contributed by atoms with Crippen LogP contribution in [-0.4, -0.2) is 96.3 Å². The van der Waals surface area contributed by atoms with Gasteiger partial charge in [0.1, 0.15) is 24.2 Å². The van der Waals surface area contributed by atoms with E-state index in [2.05, 4.69) is 24.2 Å². The molecule has 1 saturated heterocycles. The Labute approximate surface area is 188 Å². The summed E-state index contributed by atoms with van der Waals surface area (Å²) in [6, 6.07) is 5.85. The lowest BCUT2D eigenvalue weighted by Gasteiger charge is -2.32. The van der Waals surface area contributed by atoms with Gasteiger partial charge in [0.05, 0.1) is 20.2 Å².